The highest BCUT2D eigenvalue weighted by Gasteiger charge is 2.14. The molecule has 0 saturated carbocycles. The molecule has 0 radical (unpaired) electrons. The molecule has 158 valence electrons. The Morgan fingerprint density at radius 1 is 0.938 bits per heavy atom. The first-order valence-corrected chi connectivity index (χ1v) is 10.6. The van der Waals surface area contributed by atoms with Crippen LogP contribution in [0.3, 0.4) is 0 Å². The molecule has 7 heteroatoms. The van der Waals surface area contributed by atoms with Gasteiger partial charge in [-0.1, -0.05) is 59.6 Å². The maximum absolute atomic E-state index is 12.4. The second-order valence-electron chi connectivity index (χ2n) is 7.15. The van der Waals surface area contributed by atoms with E-state index in [0.29, 0.717) is 44.0 Å². The van der Waals surface area contributed by atoms with Gasteiger partial charge >= 0.3 is 0 Å². The summed E-state index contributed by atoms with van der Waals surface area (Å²) >= 11 is 12.4. The predicted molar refractivity (Wildman–Crippen MR) is 128 cm³/mol. The largest absolute Gasteiger partial charge is 0.484 e. The molecule has 0 fully saturated rings. The van der Waals surface area contributed by atoms with Gasteiger partial charge in [0.1, 0.15) is 11.3 Å². The Bertz CT molecular complexity index is 1460. The van der Waals surface area contributed by atoms with E-state index in [-0.39, 0.29) is 12.5 Å². The Kier molecular flexibility index (Phi) is 5.43. The number of rotatable bonds is 5. The second-order valence-corrected chi connectivity index (χ2v) is 7.93. The van der Waals surface area contributed by atoms with Crippen LogP contribution in [0.15, 0.2) is 83.3 Å². The standard InChI is InChI=1S/C25H16Cl2N2O3/c26-20-7-3-6-19(24(20)27)25-29-21-13-17(9-11-22(21)32-25)28-23(30)14-31-18-10-8-15-4-1-2-5-16(15)12-18/h1-13H,14H2,(H,28,30). The van der Waals surface area contributed by atoms with Gasteiger partial charge in [-0.05, 0) is 53.2 Å². The van der Waals surface area contributed by atoms with Crippen molar-refractivity contribution in [2.24, 2.45) is 0 Å². The molecule has 1 heterocycles. The maximum atomic E-state index is 12.4. The number of nitrogens with one attached hydrogen (secondary N) is 1. The number of benzene rings is 4. The van der Waals surface area contributed by atoms with E-state index in [1.807, 2.05) is 42.5 Å². The number of fused-ring (bicyclic) bond motifs is 2. The van der Waals surface area contributed by atoms with Crippen LogP contribution in [-0.2, 0) is 4.79 Å². The van der Waals surface area contributed by atoms with E-state index < -0.39 is 0 Å². The van der Waals surface area contributed by atoms with Crippen molar-refractivity contribution in [1.82, 2.24) is 4.98 Å². The van der Waals surface area contributed by atoms with Crippen LogP contribution < -0.4 is 10.1 Å². The molecular weight excluding hydrogens is 447 g/mol. The SMILES string of the molecule is O=C(COc1ccc2ccccc2c1)Nc1ccc2oc(-c3cccc(Cl)c3Cl)nc2c1. The lowest BCUT2D eigenvalue weighted by atomic mass is 10.1. The Balaban J connectivity index is 1.29. The van der Waals surface area contributed by atoms with Crippen LogP contribution >= 0.6 is 23.2 Å². The molecule has 0 aliphatic heterocycles. The van der Waals surface area contributed by atoms with E-state index in [0.717, 1.165) is 10.8 Å². The minimum absolute atomic E-state index is 0.113. The van der Waals surface area contributed by atoms with Crippen LogP contribution in [0.4, 0.5) is 5.69 Å². The molecule has 5 aromatic rings. The molecule has 1 amide bonds. The summed E-state index contributed by atoms with van der Waals surface area (Å²) in [6.07, 6.45) is 0. The number of oxazole rings is 1. The van der Waals surface area contributed by atoms with Crippen molar-refractivity contribution in [2.75, 3.05) is 11.9 Å². The van der Waals surface area contributed by atoms with Crippen molar-refractivity contribution in [3.05, 3.63) is 88.9 Å². The number of amides is 1. The second kappa shape index (κ2) is 8.54. The molecule has 5 rings (SSSR count). The summed E-state index contributed by atoms with van der Waals surface area (Å²) in [6.45, 7) is -0.113. The summed E-state index contributed by atoms with van der Waals surface area (Å²) in [4.78, 5) is 16.9. The first kappa shape index (κ1) is 20.4. The molecule has 0 aliphatic rings. The topological polar surface area (TPSA) is 64.4 Å². The molecule has 4 aromatic carbocycles. The molecule has 0 aliphatic carbocycles. The van der Waals surface area contributed by atoms with Crippen molar-refractivity contribution in [3.63, 3.8) is 0 Å². The molecule has 0 bridgehead atoms. The summed E-state index contributed by atoms with van der Waals surface area (Å²) < 4.78 is 11.4. The summed E-state index contributed by atoms with van der Waals surface area (Å²) in [6, 6.07) is 24.2. The van der Waals surface area contributed by atoms with Gasteiger partial charge in [0.15, 0.2) is 12.2 Å². The molecule has 0 spiro atoms. The fourth-order valence-electron chi connectivity index (χ4n) is 3.39. The van der Waals surface area contributed by atoms with Gasteiger partial charge in [0.2, 0.25) is 5.89 Å². The molecular formula is C25H16Cl2N2O3. The Morgan fingerprint density at radius 2 is 1.78 bits per heavy atom. The lowest BCUT2D eigenvalue weighted by Crippen LogP contribution is -2.20. The zero-order chi connectivity index (χ0) is 22.1. The third-order valence-corrected chi connectivity index (χ3v) is 5.76. The average molecular weight is 463 g/mol. The third kappa shape index (κ3) is 4.13. The zero-order valence-electron chi connectivity index (χ0n) is 16.6. The first-order chi connectivity index (χ1) is 15.6. The molecule has 0 unspecified atom stereocenters. The Morgan fingerprint density at radius 3 is 2.66 bits per heavy atom. The fraction of sp³-hybridized carbons (Fsp3) is 0.0400. The van der Waals surface area contributed by atoms with Crippen molar-refractivity contribution >= 4 is 56.7 Å². The molecule has 32 heavy (non-hydrogen) atoms. The van der Waals surface area contributed by atoms with Crippen molar-refractivity contribution in [3.8, 4) is 17.2 Å². The van der Waals surface area contributed by atoms with Gasteiger partial charge in [0.25, 0.3) is 5.91 Å². The summed E-state index contributed by atoms with van der Waals surface area (Å²) in [5.41, 5.74) is 2.34. The third-order valence-electron chi connectivity index (χ3n) is 4.94. The molecule has 0 saturated heterocycles. The zero-order valence-corrected chi connectivity index (χ0v) is 18.2. The van der Waals surface area contributed by atoms with E-state index in [1.54, 1.807) is 36.4 Å². The monoisotopic (exact) mass is 462 g/mol. The van der Waals surface area contributed by atoms with Crippen LogP contribution in [0, 0.1) is 0 Å². The normalized spacial score (nSPS) is 11.1. The minimum Gasteiger partial charge on any atom is -0.484 e. The summed E-state index contributed by atoms with van der Waals surface area (Å²) in [5, 5.41) is 5.78. The van der Waals surface area contributed by atoms with E-state index in [2.05, 4.69) is 10.3 Å². The molecule has 5 nitrogen and oxygen atoms in total. The van der Waals surface area contributed by atoms with Crippen molar-refractivity contribution < 1.29 is 13.9 Å². The van der Waals surface area contributed by atoms with Crippen molar-refractivity contribution in [1.29, 1.82) is 0 Å². The van der Waals surface area contributed by atoms with E-state index in [4.69, 9.17) is 32.4 Å². The van der Waals surface area contributed by atoms with Gasteiger partial charge in [-0.3, -0.25) is 4.79 Å². The van der Waals surface area contributed by atoms with Crippen LogP contribution in [-0.4, -0.2) is 17.5 Å². The van der Waals surface area contributed by atoms with Gasteiger partial charge < -0.3 is 14.5 Å². The van der Waals surface area contributed by atoms with Gasteiger partial charge in [-0.2, -0.15) is 0 Å². The Labute approximate surface area is 193 Å². The lowest BCUT2D eigenvalue weighted by Gasteiger charge is -2.08. The predicted octanol–water partition coefficient (Wildman–Crippen LogP) is 6.97. The minimum atomic E-state index is -0.279. The van der Waals surface area contributed by atoms with Crippen molar-refractivity contribution in [2.45, 2.75) is 0 Å². The molecule has 1 N–H and O–H groups in total. The molecule has 0 atom stereocenters. The smallest absolute Gasteiger partial charge is 0.262 e. The Hall–Kier alpha value is -3.54. The number of hydrogen-bond donors (Lipinski definition) is 1. The highest BCUT2D eigenvalue weighted by atomic mass is 35.5. The number of carbonyl (C=O) groups is 1. The molecule has 1 aromatic heterocycles. The fourth-order valence-corrected chi connectivity index (χ4v) is 3.77. The number of ether oxygens (including phenoxy) is 1. The van der Waals surface area contributed by atoms with Gasteiger partial charge in [0.05, 0.1) is 15.6 Å². The first-order valence-electron chi connectivity index (χ1n) is 9.83. The van der Waals surface area contributed by atoms with Gasteiger partial charge in [0, 0.05) is 5.69 Å². The van der Waals surface area contributed by atoms with Gasteiger partial charge in [-0.15, -0.1) is 0 Å². The lowest BCUT2D eigenvalue weighted by molar-refractivity contribution is -0.118. The van der Waals surface area contributed by atoms with Gasteiger partial charge in [-0.25, -0.2) is 4.98 Å². The average Bonchev–Trinajstić information content (AvgIpc) is 3.22. The van der Waals surface area contributed by atoms with E-state index in [1.165, 1.54) is 0 Å². The van der Waals surface area contributed by atoms with Crippen LogP contribution in [0.2, 0.25) is 10.0 Å². The van der Waals surface area contributed by atoms with E-state index >= 15 is 0 Å². The van der Waals surface area contributed by atoms with E-state index in [9.17, 15) is 4.79 Å². The highest BCUT2D eigenvalue weighted by molar-refractivity contribution is 6.43. The number of hydrogen-bond acceptors (Lipinski definition) is 4. The number of carbonyl (C=O) groups excluding carboxylic acids is 1. The number of anilines is 1. The summed E-state index contributed by atoms with van der Waals surface area (Å²) in [7, 11) is 0. The van der Waals surface area contributed by atoms with Crippen LogP contribution in [0.25, 0.3) is 33.3 Å². The highest BCUT2D eigenvalue weighted by Crippen LogP contribution is 2.34. The van der Waals surface area contributed by atoms with Crippen LogP contribution in [0.1, 0.15) is 0 Å². The number of halogens is 2. The quantitative estimate of drug-likeness (QED) is 0.306. The number of aromatic nitrogens is 1. The maximum Gasteiger partial charge on any atom is 0.262 e. The number of nitrogens with zero attached hydrogens (tertiary/aromatic N) is 1. The summed E-state index contributed by atoms with van der Waals surface area (Å²) in [5.74, 6) is 0.712. The van der Waals surface area contributed by atoms with Crippen LogP contribution in [0.5, 0.6) is 5.75 Å².